The van der Waals surface area contributed by atoms with Crippen LogP contribution in [0.5, 0.6) is 0 Å². The van der Waals surface area contributed by atoms with Crippen LogP contribution in [0.3, 0.4) is 0 Å². The van der Waals surface area contributed by atoms with Crippen molar-refractivity contribution >= 4 is 0 Å². The van der Waals surface area contributed by atoms with Crippen molar-refractivity contribution in [3.63, 3.8) is 0 Å². The van der Waals surface area contributed by atoms with Gasteiger partial charge in [-0.15, -0.1) is 0 Å². The van der Waals surface area contributed by atoms with Gasteiger partial charge in [0.05, 0.1) is 33.2 Å². The van der Waals surface area contributed by atoms with E-state index in [1.54, 1.807) is 6.20 Å². The number of likely N-dealkylation sites (N-methyl/N-ethyl adjacent to an activating group) is 1. The van der Waals surface area contributed by atoms with Crippen LogP contribution in [-0.4, -0.2) is 42.6 Å². The van der Waals surface area contributed by atoms with Gasteiger partial charge in [-0.25, -0.2) is 0 Å². The van der Waals surface area contributed by atoms with Crippen molar-refractivity contribution in [2.24, 2.45) is 0 Å². The molecular formula is C16H19N4+. The molecule has 1 aromatic rings. The molecule has 1 heterocycles. The predicted molar refractivity (Wildman–Crippen MR) is 76.9 cm³/mol. The number of piperazine rings is 1. The molecule has 1 aromatic carbocycles. The Morgan fingerprint density at radius 2 is 1.80 bits per heavy atom. The minimum atomic E-state index is 0.184. The summed E-state index contributed by atoms with van der Waals surface area (Å²) in [5.41, 5.74) is 1.54. The van der Waals surface area contributed by atoms with E-state index in [2.05, 4.69) is 36.2 Å². The van der Waals surface area contributed by atoms with Crippen molar-refractivity contribution in [1.82, 2.24) is 4.90 Å². The number of benzene rings is 1. The molecule has 4 heteroatoms. The fraction of sp³-hybridized carbons (Fsp3) is 0.375. The first-order valence-electron chi connectivity index (χ1n) is 6.79. The van der Waals surface area contributed by atoms with E-state index in [0.29, 0.717) is 0 Å². The fourth-order valence-corrected chi connectivity index (χ4v) is 2.54. The van der Waals surface area contributed by atoms with Crippen LogP contribution in [0.1, 0.15) is 5.56 Å². The number of rotatable bonds is 3. The van der Waals surface area contributed by atoms with Gasteiger partial charge in [-0.3, -0.25) is 0 Å². The molecule has 0 atom stereocenters. The third-order valence-corrected chi connectivity index (χ3v) is 3.81. The van der Waals surface area contributed by atoms with Gasteiger partial charge in [0.1, 0.15) is 24.3 Å². The van der Waals surface area contributed by atoms with Gasteiger partial charge in [-0.2, -0.15) is 10.5 Å². The quantitative estimate of drug-likeness (QED) is 0.620. The van der Waals surface area contributed by atoms with Crippen LogP contribution in [0.25, 0.3) is 0 Å². The molecule has 0 amide bonds. The topological polar surface area (TPSA) is 50.8 Å². The molecule has 0 aromatic heterocycles. The maximum Gasteiger partial charge on any atom is 0.145 e. The van der Waals surface area contributed by atoms with E-state index in [0.717, 1.165) is 37.2 Å². The van der Waals surface area contributed by atoms with Crippen LogP contribution in [0, 0.1) is 22.7 Å². The minimum absolute atomic E-state index is 0.184. The number of allylic oxidation sites excluding steroid dienone is 1. The highest BCUT2D eigenvalue weighted by atomic mass is 15.4. The molecular weight excluding hydrogens is 248 g/mol. The molecule has 0 N–H and O–H groups in total. The van der Waals surface area contributed by atoms with Gasteiger partial charge >= 0.3 is 0 Å². The van der Waals surface area contributed by atoms with Gasteiger partial charge in [0.25, 0.3) is 0 Å². The number of hydrogen-bond donors (Lipinski definition) is 0. The van der Waals surface area contributed by atoms with E-state index in [1.807, 2.05) is 18.2 Å². The Hall–Kier alpha value is -2.30. The first-order chi connectivity index (χ1) is 9.65. The lowest BCUT2D eigenvalue weighted by Crippen LogP contribution is -2.55. The monoisotopic (exact) mass is 267 g/mol. The van der Waals surface area contributed by atoms with Crippen molar-refractivity contribution in [2.45, 2.75) is 6.54 Å². The molecule has 1 aliphatic rings. The van der Waals surface area contributed by atoms with E-state index in [1.165, 1.54) is 5.56 Å². The summed E-state index contributed by atoms with van der Waals surface area (Å²) in [6, 6.07) is 14.3. The second kappa shape index (κ2) is 6.23. The lowest BCUT2D eigenvalue weighted by Gasteiger charge is -2.41. The first-order valence-corrected chi connectivity index (χ1v) is 6.79. The SMILES string of the molecule is C[N+]1(Cc2ccccc2)CCN(C=C(C#N)C#N)CC1. The van der Waals surface area contributed by atoms with Crippen molar-refractivity contribution < 1.29 is 4.48 Å². The van der Waals surface area contributed by atoms with Crippen molar-refractivity contribution in [3.8, 4) is 12.1 Å². The Labute approximate surface area is 120 Å². The molecule has 102 valence electrons. The first kappa shape index (κ1) is 14.1. The second-order valence-electron chi connectivity index (χ2n) is 5.51. The summed E-state index contributed by atoms with van der Waals surface area (Å²) in [4.78, 5) is 2.08. The smallest absolute Gasteiger partial charge is 0.145 e. The van der Waals surface area contributed by atoms with Gasteiger partial charge in [0.15, 0.2) is 0 Å². The molecule has 0 saturated carbocycles. The van der Waals surface area contributed by atoms with Crippen LogP contribution in [0.4, 0.5) is 0 Å². The highest BCUT2D eigenvalue weighted by Crippen LogP contribution is 2.16. The van der Waals surface area contributed by atoms with Crippen LogP contribution >= 0.6 is 0 Å². The summed E-state index contributed by atoms with van der Waals surface area (Å²) in [6.07, 6.45) is 1.69. The van der Waals surface area contributed by atoms with Crippen LogP contribution in [0.2, 0.25) is 0 Å². The van der Waals surface area contributed by atoms with E-state index < -0.39 is 0 Å². The standard InChI is InChI=1S/C16H19N4/c1-20(14-15-5-3-2-4-6-15)9-7-19(8-10-20)13-16(11-17)12-18/h2-6,13H,7-10,14H2,1H3/q+1. The molecule has 20 heavy (non-hydrogen) atoms. The third-order valence-electron chi connectivity index (χ3n) is 3.81. The molecule has 4 nitrogen and oxygen atoms in total. The second-order valence-corrected chi connectivity index (χ2v) is 5.51. The highest BCUT2D eigenvalue weighted by Gasteiger charge is 2.27. The minimum Gasteiger partial charge on any atom is -0.364 e. The van der Waals surface area contributed by atoms with Gasteiger partial charge in [-0.1, -0.05) is 30.3 Å². The molecule has 0 radical (unpaired) electrons. The van der Waals surface area contributed by atoms with Gasteiger partial charge in [0.2, 0.25) is 0 Å². The lowest BCUT2D eigenvalue weighted by molar-refractivity contribution is -0.926. The molecule has 0 unspecified atom stereocenters. The van der Waals surface area contributed by atoms with E-state index in [4.69, 9.17) is 10.5 Å². The van der Waals surface area contributed by atoms with Crippen molar-refractivity contribution in [3.05, 3.63) is 47.7 Å². The summed E-state index contributed by atoms with van der Waals surface area (Å²) in [5.74, 6) is 0. The van der Waals surface area contributed by atoms with Crippen LogP contribution in [-0.2, 0) is 6.54 Å². The highest BCUT2D eigenvalue weighted by molar-refractivity contribution is 5.34. The van der Waals surface area contributed by atoms with Gasteiger partial charge < -0.3 is 9.38 Å². The zero-order chi connectivity index (χ0) is 14.4. The lowest BCUT2D eigenvalue weighted by atomic mass is 10.1. The van der Waals surface area contributed by atoms with Gasteiger partial charge in [0, 0.05) is 11.8 Å². The average molecular weight is 267 g/mol. The van der Waals surface area contributed by atoms with E-state index in [-0.39, 0.29) is 5.57 Å². The number of nitriles is 2. The summed E-state index contributed by atoms with van der Waals surface area (Å²) in [7, 11) is 2.27. The Balaban J connectivity index is 1.95. The molecule has 1 saturated heterocycles. The summed E-state index contributed by atoms with van der Waals surface area (Å²) in [6.45, 7) is 4.85. The normalized spacial score (nSPS) is 16.9. The van der Waals surface area contributed by atoms with Gasteiger partial charge in [-0.05, 0) is 0 Å². The third kappa shape index (κ3) is 3.60. The summed E-state index contributed by atoms with van der Waals surface area (Å²) < 4.78 is 1.00. The Morgan fingerprint density at radius 1 is 1.20 bits per heavy atom. The van der Waals surface area contributed by atoms with Crippen LogP contribution in [0.15, 0.2) is 42.1 Å². The largest absolute Gasteiger partial charge is 0.364 e. The maximum absolute atomic E-state index is 8.78. The number of hydrogen-bond acceptors (Lipinski definition) is 3. The molecule has 1 aliphatic heterocycles. The van der Waals surface area contributed by atoms with Crippen molar-refractivity contribution in [2.75, 3.05) is 33.2 Å². The molecule has 0 spiro atoms. The Kier molecular flexibility index (Phi) is 4.40. The molecule has 0 aliphatic carbocycles. The Morgan fingerprint density at radius 3 is 2.35 bits per heavy atom. The summed E-state index contributed by atoms with van der Waals surface area (Å²) >= 11 is 0. The molecule has 1 fully saturated rings. The zero-order valence-electron chi connectivity index (χ0n) is 11.8. The molecule has 2 rings (SSSR count). The van der Waals surface area contributed by atoms with E-state index >= 15 is 0 Å². The van der Waals surface area contributed by atoms with Crippen molar-refractivity contribution in [1.29, 1.82) is 10.5 Å². The van der Waals surface area contributed by atoms with Crippen LogP contribution < -0.4 is 0 Å². The fourth-order valence-electron chi connectivity index (χ4n) is 2.54. The van der Waals surface area contributed by atoms with E-state index in [9.17, 15) is 0 Å². The number of quaternary nitrogens is 1. The maximum atomic E-state index is 8.78. The average Bonchev–Trinajstić information content (AvgIpc) is 2.48. The number of nitrogens with zero attached hydrogens (tertiary/aromatic N) is 4. The zero-order valence-corrected chi connectivity index (χ0v) is 11.8. The molecule has 0 bridgehead atoms. The Bertz CT molecular complexity index is 538. The summed E-state index contributed by atoms with van der Waals surface area (Å²) in [5, 5.41) is 17.6. The predicted octanol–water partition coefficient (Wildman–Crippen LogP) is 1.88.